The van der Waals surface area contributed by atoms with Crippen LogP contribution in [0.5, 0.6) is 0 Å². The summed E-state index contributed by atoms with van der Waals surface area (Å²) in [5, 5.41) is 7.72. The maximum Gasteiger partial charge on any atom is 0.137 e. The second-order valence-electron chi connectivity index (χ2n) is 5.18. The number of pyridine rings is 1. The molecule has 3 aromatic heterocycles. The standard InChI is InChI=1S/C15H18BrN5/c1-12(5-8-21-7-2-6-18-21)17-9-14-11-20-10-13(16)3-4-15(20)19-14/h2-4,6-7,10-12,17H,5,8-9H2,1H3/t12-/m0/s1. The molecule has 3 rings (SSSR count). The molecule has 6 heteroatoms. The number of aromatic nitrogens is 4. The van der Waals surface area contributed by atoms with Crippen LogP contribution in [-0.2, 0) is 13.1 Å². The van der Waals surface area contributed by atoms with Crippen molar-refractivity contribution in [2.75, 3.05) is 0 Å². The summed E-state index contributed by atoms with van der Waals surface area (Å²) < 4.78 is 5.05. The Bertz CT molecular complexity index is 704. The van der Waals surface area contributed by atoms with Crippen LogP contribution in [0.4, 0.5) is 0 Å². The van der Waals surface area contributed by atoms with Gasteiger partial charge in [-0.1, -0.05) is 0 Å². The van der Waals surface area contributed by atoms with Crippen molar-refractivity contribution in [3.8, 4) is 0 Å². The summed E-state index contributed by atoms with van der Waals surface area (Å²) in [5.74, 6) is 0. The fraction of sp³-hybridized carbons (Fsp3) is 0.333. The highest BCUT2D eigenvalue weighted by Gasteiger charge is 2.05. The van der Waals surface area contributed by atoms with Crippen LogP contribution in [-0.4, -0.2) is 25.2 Å². The average molecular weight is 348 g/mol. The van der Waals surface area contributed by atoms with Crippen LogP contribution in [0.3, 0.4) is 0 Å². The zero-order valence-corrected chi connectivity index (χ0v) is 13.5. The largest absolute Gasteiger partial charge is 0.309 e. The average Bonchev–Trinajstić information content (AvgIpc) is 3.11. The molecule has 0 radical (unpaired) electrons. The Balaban J connectivity index is 1.53. The summed E-state index contributed by atoms with van der Waals surface area (Å²) in [7, 11) is 0. The Kier molecular flexibility index (Phi) is 4.36. The van der Waals surface area contributed by atoms with Gasteiger partial charge in [0.1, 0.15) is 5.65 Å². The van der Waals surface area contributed by atoms with Crippen LogP contribution in [0, 0.1) is 0 Å². The van der Waals surface area contributed by atoms with E-state index >= 15 is 0 Å². The van der Waals surface area contributed by atoms with Gasteiger partial charge in [0, 0.05) is 48.4 Å². The predicted molar refractivity (Wildman–Crippen MR) is 86.0 cm³/mol. The molecule has 0 saturated carbocycles. The maximum absolute atomic E-state index is 4.60. The van der Waals surface area contributed by atoms with Crippen molar-refractivity contribution < 1.29 is 0 Å². The molecule has 3 aromatic rings. The summed E-state index contributed by atoms with van der Waals surface area (Å²) in [5.41, 5.74) is 2.03. The molecular formula is C15H18BrN5. The number of nitrogens with zero attached hydrogens (tertiary/aromatic N) is 4. The summed E-state index contributed by atoms with van der Waals surface area (Å²) in [6.45, 7) is 3.90. The second kappa shape index (κ2) is 6.41. The lowest BCUT2D eigenvalue weighted by molar-refractivity contribution is 0.456. The summed E-state index contributed by atoms with van der Waals surface area (Å²) >= 11 is 3.47. The van der Waals surface area contributed by atoms with Crippen LogP contribution in [0.25, 0.3) is 5.65 Å². The van der Waals surface area contributed by atoms with Gasteiger partial charge in [-0.25, -0.2) is 4.98 Å². The minimum atomic E-state index is 0.422. The van der Waals surface area contributed by atoms with E-state index in [4.69, 9.17) is 0 Å². The topological polar surface area (TPSA) is 47.2 Å². The van der Waals surface area contributed by atoms with Crippen molar-refractivity contribution in [3.05, 3.63) is 53.2 Å². The van der Waals surface area contributed by atoms with E-state index in [0.29, 0.717) is 6.04 Å². The molecule has 1 atom stereocenters. The van der Waals surface area contributed by atoms with Gasteiger partial charge in [0.2, 0.25) is 0 Å². The smallest absolute Gasteiger partial charge is 0.137 e. The maximum atomic E-state index is 4.60. The van der Waals surface area contributed by atoms with E-state index in [9.17, 15) is 0 Å². The van der Waals surface area contributed by atoms with E-state index in [1.165, 1.54) is 0 Å². The number of rotatable bonds is 6. The minimum absolute atomic E-state index is 0.422. The fourth-order valence-electron chi connectivity index (χ4n) is 2.24. The zero-order valence-electron chi connectivity index (χ0n) is 11.9. The quantitative estimate of drug-likeness (QED) is 0.745. The zero-order chi connectivity index (χ0) is 14.7. The Morgan fingerprint density at radius 3 is 3.05 bits per heavy atom. The highest BCUT2D eigenvalue weighted by atomic mass is 79.9. The van der Waals surface area contributed by atoms with E-state index in [2.05, 4.69) is 44.4 Å². The highest BCUT2D eigenvalue weighted by Crippen LogP contribution is 2.12. The Hall–Kier alpha value is -1.66. The molecule has 5 nitrogen and oxygen atoms in total. The lowest BCUT2D eigenvalue weighted by Crippen LogP contribution is -2.27. The summed E-state index contributed by atoms with van der Waals surface area (Å²) in [6.07, 6.45) is 8.93. The molecule has 0 aromatic carbocycles. The van der Waals surface area contributed by atoms with Crippen LogP contribution < -0.4 is 5.32 Å². The lowest BCUT2D eigenvalue weighted by Gasteiger charge is -2.12. The van der Waals surface area contributed by atoms with Gasteiger partial charge in [-0.05, 0) is 47.5 Å². The molecule has 0 bridgehead atoms. The van der Waals surface area contributed by atoms with Crippen LogP contribution in [0.2, 0.25) is 0 Å². The van der Waals surface area contributed by atoms with Crippen LogP contribution in [0.1, 0.15) is 19.0 Å². The van der Waals surface area contributed by atoms with E-state index < -0.39 is 0 Å². The minimum Gasteiger partial charge on any atom is -0.309 e. The monoisotopic (exact) mass is 347 g/mol. The third-order valence-corrected chi connectivity index (χ3v) is 3.92. The van der Waals surface area contributed by atoms with E-state index in [-0.39, 0.29) is 0 Å². The van der Waals surface area contributed by atoms with Crippen molar-refractivity contribution in [2.45, 2.75) is 32.5 Å². The summed E-state index contributed by atoms with van der Waals surface area (Å²) in [4.78, 5) is 4.60. The van der Waals surface area contributed by atoms with Crippen molar-refractivity contribution in [3.63, 3.8) is 0 Å². The molecule has 0 amide bonds. The second-order valence-corrected chi connectivity index (χ2v) is 6.10. The van der Waals surface area contributed by atoms with Crippen molar-refractivity contribution in [2.24, 2.45) is 0 Å². The Morgan fingerprint density at radius 1 is 1.33 bits per heavy atom. The van der Waals surface area contributed by atoms with Crippen molar-refractivity contribution in [1.82, 2.24) is 24.5 Å². The molecule has 0 spiro atoms. The number of imidazole rings is 1. The first-order valence-electron chi connectivity index (χ1n) is 7.04. The molecule has 3 heterocycles. The number of fused-ring (bicyclic) bond motifs is 1. The van der Waals surface area contributed by atoms with E-state index in [1.807, 2.05) is 45.9 Å². The summed E-state index contributed by atoms with van der Waals surface area (Å²) in [6, 6.07) is 6.39. The normalized spacial score (nSPS) is 12.9. The van der Waals surface area contributed by atoms with Gasteiger partial charge in [0.25, 0.3) is 0 Å². The molecule has 21 heavy (non-hydrogen) atoms. The fourth-order valence-corrected chi connectivity index (χ4v) is 2.59. The van der Waals surface area contributed by atoms with Gasteiger partial charge >= 0.3 is 0 Å². The van der Waals surface area contributed by atoms with E-state index in [1.54, 1.807) is 0 Å². The molecule has 0 aliphatic heterocycles. The third-order valence-electron chi connectivity index (χ3n) is 3.45. The first-order chi connectivity index (χ1) is 10.2. The molecule has 0 fully saturated rings. The number of aryl methyl sites for hydroxylation is 1. The van der Waals surface area contributed by atoms with Crippen molar-refractivity contribution >= 4 is 21.6 Å². The highest BCUT2D eigenvalue weighted by molar-refractivity contribution is 9.10. The molecule has 1 N–H and O–H groups in total. The molecule has 0 unspecified atom stereocenters. The first kappa shape index (κ1) is 14.3. The van der Waals surface area contributed by atoms with Crippen molar-refractivity contribution in [1.29, 1.82) is 0 Å². The lowest BCUT2D eigenvalue weighted by atomic mass is 10.2. The van der Waals surface area contributed by atoms with Crippen LogP contribution in [0.15, 0.2) is 47.5 Å². The predicted octanol–water partition coefficient (Wildman–Crippen LogP) is 2.86. The Morgan fingerprint density at radius 2 is 2.24 bits per heavy atom. The van der Waals surface area contributed by atoms with Gasteiger partial charge in [0.05, 0.1) is 5.69 Å². The van der Waals surface area contributed by atoms with Gasteiger partial charge in [-0.15, -0.1) is 0 Å². The Labute approximate surface area is 132 Å². The van der Waals surface area contributed by atoms with E-state index in [0.717, 1.165) is 35.3 Å². The van der Waals surface area contributed by atoms with Gasteiger partial charge in [0.15, 0.2) is 0 Å². The van der Waals surface area contributed by atoms with Gasteiger partial charge < -0.3 is 9.72 Å². The van der Waals surface area contributed by atoms with Gasteiger partial charge in [-0.3, -0.25) is 4.68 Å². The number of nitrogens with one attached hydrogen (secondary N) is 1. The molecule has 0 saturated heterocycles. The number of halogens is 1. The van der Waals surface area contributed by atoms with Crippen LogP contribution >= 0.6 is 15.9 Å². The number of hydrogen-bond acceptors (Lipinski definition) is 3. The SMILES string of the molecule is C[C@@H](CCn1cccn1)NCc1cn2cc(Br)ccc2n1. The van der Waals surface area contributed by atoms with Gasteiger partial charge in [-0.2, -0.15) is 5.10 Å². The molecular weight excluding hydrogens is 330 g/mol. The number of hydrogen-bond donors (Lipinski definition) is 1. The first-order valence-corrected chi connectivity index (χ1v) is 7.84. The molecule has 0 aliphatic carbocycles. The molecule has 0 aliphatic rings. The third kappa shape index (κ3) is 3.71. The molecule has 110 valence electrons.